The molecule has 4 aliphatic rings. The number of benzene rings is 1. The zero-order valence-corrected chi connectivity index (χ0v) is 26.0. The van der Waals surface area contributed by atoms with Gasteiger partial charge in [0.05, 0.1) is 11.0 Å². The molecule has 5 atom stereocenters. The topological polar surface area (TPSA) is 121 Å². The third kappa shape index (κ3) is 4.70. The summed E-state index contributed by atoms with van der Waals surface area (Å²) in [7, 11) is 6.16. The first-order chi connectivity index (χ1) is 21.2. The van der Waals surface area contributed by atoms with Crippen LogP contribution in [0.2, 0.25) is 0 Å². The highest BCUT2D eigenvalue weighted by Crippen LogP contribution is 2.54. The highest BCUT2D eigenvalue weighted by atomic mass is 19.1. The monoisotopic (exact) mass is 600 g/mol. The van der Waals surface area contributed by atoms with E-state index >= 15 is 0 Å². The smallest absolute Gasteiger partial charge is 0.219 e. The molecule has 2 aliphatic heterocycles. The Hall–Kier alpha value is -3.75. The number of hydrogen-bond acceptors (Lipinski definition) is 10. The maximum Gasteiger partial charge on any atom is 0.219 e. The number of fused-ring (bicyclic) bond motifs is 4. The lowest BCUT2D eigenvalue weighted by molar-refractivity contribution is 0.117. The quantitative estimate of drug-likeness (QED) is 0.414. The highest BCUT2D eigenvalue weighted by molar-refractivity contribution is 5.68. The average molecular weight is 601 g/mol. The molecule has 1 spiro atoms. The van der Waals surface area contributed by atoms with Crippen LogP contribution in [0.3, 0.4) is 0 Å². The molecule has 10 nitrogen and oxygen atoms in total. The van der Waals surface area contributed by atoms with Crippen molar-refractivity contribution in [2.24, 2.45) is 0 Å². The Bertz CT molecular complexity index is 1620. The molecule has 2 N–H and O–H groups in total. The van der Waals surface area contributed by atoms with E-state index in [2.05, 4.69) is 35.1 Å². The number of ether oxygens (including phenoxy) is 1. The molecule has 2 aromatic heterocycles. The van der Waals surface area contributed by atoms with Crippen molar-refractivity contribution in [2.75, 3.05) is 51.4 Å². The molecule has 1 aromatic carbocycles. The van der Waals surface area contributed by atoms with Crippen LogP contribution in [0, 0.1) is 11.3 Å². The predicted octanol–water partition coefficient (Wildman–Crippen LogP) is 4.10. The molecule has 4 heterocycles. The van der Waals surface area contributed by atoms with Crippen LogP contribution in [0.5, 0.6) is 5.88 Å². The Labute approximate surface area is 258 Å². The number of rotatable bonds is 6. The van der Waals surface area contributed by atoms with Gasteiger partial charge in [-0.3, -0.25) is 4.90 Å². The molecule has 44 heavy (non-hydrogen) atoms. The summed E-state index contributed by atoms with van der Waals surface area (Å²) in [5, 5.41) is 14.7. The molecule has 0 amide bonds. The van der Waals surface area contributed by atoms with Crippen LogP contribution >= 0.6 is 0 Å². The number of likely N-dealkylation sites (tertiary alicyclic amines) is 1. The molecule has 0 radical (unpaired) electrons. The number of nitrogens with zero attached hydrogens (tertiary/aromatic N) is 7. The van der Waals surface area contributed by atoms with Gasteiger partial charge in [0.2, 0.25) is 5.88 Å². The predicted molar refractivity (Wildman–Crippen MR) is 165 cm³/mol. The van der Waals surface area contributed by atoms with Crippen molar-refractivity contribution in [1.29, 1.82) is 5.26 Å². The summed E-state index contributed by atoms with van der Waals surface area (Å²) in [5.74, 6) is 2.52. The lowest BCUT2D eigenvalue weighted by Gasteiger charge is -2.33. The van der Waals surface area contributed by atoms with Crippen LogP contribution < -0.4 is 15.4 Å². The zero-order chi connectivity index (χ0) is 30.7. The maximum absolute atomic E-state index is 14.2. The van der Waals surface area contributed by atoms with E-state index in [0.717, 1.165) is 79.9 Å². The normalized spacial score (nSPS) is 27.1. The fourth-order valence-corrected chi connectivity index (χ4v) is 8.16. The number of aromatic nitrogens is 3. The van der Waals surface area contributed by atoms with E-state index in [1.807, 2.05) is 37.1 Å². The third-order valence-corrected chi connectivity index (χ3v) is 10.5. The number of hydrogen-bond donors (Lipinski definition) is 1. The fraction of sp³-hybridized carbons (Fsp3) is 0.576. The van der Waals surface area contributed by atoms with E-state index in [1.165, 1.54) is 0 Å². The molecule has 2 fully saturated rings. The second kappa shape index (κ2) is 11.0. The average Bonchev–Trinajstić information content (AvgIpc) is 3.79. The molecule has 2 aliphatic carbocycles. The van der Waals surface area contributed by atoms with Crippen LogP contribution in [-0.2, 0) is 18.3 Å². The second-order valence-electron chi connectivity index (χ2n) is 13.4. The molecule has 7 rings (SSSR count). The molecule has 0 saturated carbocycles. The van der Waals surface area contributed by atoms with Gasteiger partial charge in [-0.1, -0.05) is 11.2 Å². The Morgan fingerprint density at radius 1 is 1.23 bits per heavy atom. The van der Waals surface area contributed by atoms with Gasteiger partial charge in [-0.2, -0.15) is 10.2 Å². The van der Waals surface area contributed by atoms with E-state index in [0.29, 0.717) is 47.7 Å². The van der Waals surface area contributed by atoms with E-state index in [1.54, 1.807) is 0 Å². The minimum absolute atomic E-state index is 0.0411. The van der Waals surface area contributed by atoms with Crippen LogP contribution in [0.1, 0.15) is 67.0 Å². The van der Waals surface area contributed by atoms with Crippen molar-refractivity contribution >= 4 is 11.5 Å². The van der Waals surface area contributed by atoms with Gasteiger partial charge >= 0.3 is 0 Å². The van der Waals surface area contributed by atoms with Crippen LogP contribution in [-0.4, -0.2) is 90.1 Å². The third-order valence-electron chi connectivity index (χ3n) is 10.5. The molecule has 2 saturated heterocycles. The van der Waals surface area contributed by atoms with E-state index < -0.39 is 11.6 Å². The van der Waals surface area contributed by atoms with Gasteiger partial charge < -0.3 is 24.8 Å². The molecular weight excluding hydrogens is 559 g/mol. The van der Waals surface area contributed by atoms with E-state index in [-0.39, 0.29) is 12.1 Å². The lowest BCUT2D eigenvalue weighted by Crippen LogP contribution is -2.38. The van der Waals surface area contributed by atoms with Gasteiger partial charge in [0.1, 0.15) is 24.2 Å². The summed E-state index contributed by atoms with van der Waals surface area (Å²) in [6.45, 7) is 4.12. The Kier molecular flexibility index (Phi) is 7.25. The van der Waals surface area contributed by atoms with Crippen molar-refractivity contribution in [1.82, 2.24) is 24.9 Å². The number of likely N-dealkylation sites (N-methyl/N-ethyl adjacent to an activating group) is 2. The highest BCUT2D eigenvalue weighted by Gasteiger charge is 2.49. The Morgan fingerprint density at radius 2 is 2.07 bits per heavy atom. The summed E-state index contributed by atoms with van der Waals surface area (Å²) in [6.07, 6.45) is 4.65. The molecule has 232 valence electrons. The van der Waals surface area contributed by atoms with Crippen LogP contribution in [0.25, 0.3) is 11.5 Å². The molecule has 0 bridgehead atoms. The number of aryl methyl sites for hydroxylation is 1. The number of nitrogens with two attached hydrogens (primary N) is 1. The first kappa shape index (κ1) is 29.0. The number of alkyl halides is 1. The van der Waals surface area contributed by atoms with Crippen molar-refractivity contribution in [3.8, 4) is 23.5 Å². The fourth-order valence-electron chi connectivity index (χ4n) is 8.16. The second-order valence-corrected chi connectivity index (χ2v) is 13.4. The summed E-state index contributed by atoms with van der Waals surface area (Å²) >= 11 is 0. The minimum atomic E-state index is -0.855. The standard InChI is InChI=1S/C33H41FN8O2/c1-19(26-14-21(34)17-41(26)4)43-28-15-27(42-13-10-22(18-42)40(2)3)37-32(38-28)30-23-6-5-11-33(31(23)44-39-30)12-9-20-7-8-25(36)24(16-35)29(20)33/h7-8,15,19,21-22,26H,5-6,9-14,17-18,36H2,1-4H3/t19-,21+,22?,26-,33-/m0/s1. The molecule has 1 unspecified atom stereocenters. The molecule has 11 heteroatoms. The molecular formula is C33H41FN8O2. The first-order valence-electron chi connectivity index (χ1n) is 15.8. The lowest BCUT2D eigenvalue weighted by atomic mass is 9.68. The van der Waals surface area contributed by atoms with Gasteiger partial charge in [0.25, 0.3) is 0 Å². The summed E-state index contributed by atoms with van der Waals surface area (Å²) in [4.78, 5) is 16.5. The Balaban J connectivity index is 1.29. The number of nitriles is 1. The summed E-state index contributed by atoms with van der Waals surface area (Å²) < 4.78 is 26.9. The van der Waals surface area contributed by atoms with Gasteiger partial charge in [-0.15, -0.1) is 0 Å². The van der Waals surface area contributed by atoms with Gasteiger partial charge in [-0.25, -0.2) is 9.37 Å². The van der Waals surface area contributed by atoms with Crippen molar-refractivity contribution < 1.29 is 13.7 Å². The van der Waals surface area contributed by atoms with Gasteiger partial charge in [0.15, 0.2) is 17.3 Å². The van der Waals surface area contributed by atoms with Crippen LogP contribution in [0.4, 0.5) is 15.9 Å². The first-order valence-corrected chi connectivity index (χ1v) is 15.8. The minimum Gasteiger partial charge on any atom is -0.473 e. The van der Waals surface area contributed by atoms with Crippen molar-refractivity contribution in [3.63, 3.8) is 0 Å². The van der Waals surface area contributed by atoms with Crippen molar-refractivity contribution in [2.45, 2.75) is 81.6 Å². The zero-order valence-electron chi connectivity index (χ0n) is 26.0. The number of anilines is 2. The summed E-state index contributed by atoms with van der Waals surface area (Å²) in [6, 6.07) is 8.55. The van der Waals surface area contributed by atoms with E-state index in [4.69, 9.17) is 25.0 Å². The number of halogens is 1. The number of nitrogen functional groups attached to an aromatic ring is 1. The summed E-state index contributed by atoms with van der Waals surface area (Å²) in [5.41, 5.74) is 10.7. The van der Waals surface area contributed by atoms with E-state index in [9.17, 15) is 9.65 Å². The molecule has 3 aromatic rings. The van der Waals surface area contributed by atoms with Crippen LogP contribution in [0.15, 0.2) is 22.7 Å². The Morgan fingerprint density at radius 3 is 2.80 bits per heavy atom. The van der Waals surface area contributed by atoms with Gasteiger partial charge in [-0.05, 0) is 90.2 Å². The maximum atomic E-state index is 14.2. The van der Waals surface area contributed by atoms with Gasteiger partial charge in [0, 0.05) is 49.0 Å². The SMILES string of the molecule is C[C@H](Oc1cc(N2CCC(N(C)C)C2)nc(-c2noc3c2CCC[C@@]32CCc3ccc(N)c(C#N)c32)n1)[C@@H]1C[C@@H](F)CN1C. The van der Waals surface area contributed by atoms with Crippen molar-refractivity contribution in [3.05, 3.63) is 46.2 Å². The largest absolute Gasteiger partial charge is 0.473 e.